The molecule has 0 radical (unpaired) electrons. The van der Waals surface area contributed by atoms with Gasteiger partial charge in [-0.15, -0.1) is 0 Å². The van der Waals surface area contributed by atoms with Gasteiger partial charge < -0.3 is 15.6 Å². The van der Waals surface area contributed by atoms with Gasteiger partial charge in [-0.2, -0.15) is 5.26 Å². The first-order chi connectivity index (χ1) is 15.4. The molecule has 1 aliphatic heterocycles. The van der Waals surface area contributed by atoms with Gasteiger partial charge in [-0.3, -0.25) is 14.4 Å². The van der Waals surface area contributed by atoms with E-state index in [2.05, 4.69) is 21.7 Å². The number of Topliss-reactive ketones (excluding diaryl/α,β-unsaturated/α-hetero) is 1. The first kappa shape index (κ1) is 22.6. The third-order valence-corrected chi connectivity index (χ3v) is 6.91. The number of ketones is 1. The number of benzene rings is 1. The second-order valence-corrected chi connectivity index (χ2v) is 9.52. The van der Waals surface area contributed by atoms with Crippen LogP contribution in [0.25, 0.3) is 10.9 Å². The van der Waals surface area contributed by atoms with E-state index in [0.717, 1.165) is 12.8 Å². The number of nitrogens with one attached hydrogen (secondary N) is 3. The minimum Gasteiger partial charge on any atom is -0.356 e. The second-order valence-electron chi connectivity index (χ2n) is 8.71. The fourth-order valence-electron chi connectivity index (χ4n) is 4.26. The summed E-state index contributed by atoms with van der Waals surface area (Å²) < 4.78 is 0. The summed E-state index contributed by atoms with van der Waals surface area (Å²) in [6.07, 6.45) is 3.63. The van der Waals surface area contributed by atoms with Crippen molar-refractivity contribution in [2.45, 2.75) is 44.6 Å². The van der Waals surface area contributed by atoms with E-state index in [-0.39, 0.29) is 36.4 Å². The van der Waals surface area contributed by atoms with Crippen LogP contribution in [0.3, 0.4) is 0 Å². The number of aromatic amines is 1. The lowest BCUT2D eigenvalue weighted by atomic mass is 9.93. The standard InChI is InChI=1S/C23H24Cl2N4O3/c24-17-3-4-18(25)21-16(17)10-19(29-21)20(30)9-14(7-12-1-2-12)23(32)28-15(11-26)8-13-5-6-27-22(13)31/h3-4,10,12-15,29H,1-2,5-9H2,(H,27,31)(H,28,32). The molecule has 168 valence electrons. The zero-order chi connectivity index (χ0) is 22.8. The summed E-state index contributed by atoms with van der Waals surface area (Å²) in [6.45, 7) is 0.590. The maximum atomic E-state index is 13.0. The number of hydrogen-bond donors (Lipinski definition) is 3. The Kier molecular flexibility index (Phi) is 6.73. The first-order valence-corrected chi connectivity index (χ1v) is 11.6. The van der Waals surface area contributed by atoms with Crippen LogP contribution in [0, 0.1) is 29.1 Å². The molecule has 1 aromatic carbocycles. The fourth-order valence-corrected chi connectivity index (χ4v) is 4.69. The Bertz CT molecular complexity index is 1060. The number of carbonyl (C=O) groups excluding carboxylic acids is 3. The Balaban J connectivity index is 1.45. The van der Waals surface area contributed by atoms with Gasteiger partial charge in [-0.1, -0.05) is 36.0 Å². The monoisotopic (exact) mass is 474 g/mol. The maximum absolute atomic E-state index is 13.0. The molecule has 4 rings (SSSR count). The predicted molar refractivity (Wildman–Crippen MR) is 121 cm³/mol. The molecule has 1 saturated heterocycles. The van der Waals surface area contributed by atoms with Crippen molar-refractivity contribution in [3.05, 3.63) is 33.9 Å². The van der Waals surface area contributed by atoms with Crippen molar-refractivity contribution in [1.82, 2.24) is 15.6 Å². The van der Waals surface area contributed by atoms with E-state index in [9.17, 15) is 19.6 Å². The van der Waals surface area contributed by atoms with Crippen molar-refractivity contribution in [2.75, 3.05) is 6.54 Å². The molecule has 0 bridgehead atoms. The third-order valence-electron chi connectivity index (χ3n) is 6.26. The van der Waals surface area contributed by atoms with Crippen LogP contribution in [0.15, 0.2) is 18.2 Å². The number of aromatic nitrogens is 1. The number of nitriles is 1. The number of rotatable bonds is 9. The number of carbonyl (C=O) groups is 3. The van der Waals surface area contributed by atoms with Crippen LogP contribution in [0.2, 0.25) is 10.0 Å². The predicted octanol–water partition coefficient (Wildman–Crippen LogP) is 4.00. The lowest BCUT2D eigenvalue weighted by Crippen LogP contribution is -2.40. The number of amides is 2. The molecule has 2 amide bonds. The largest absolute Gasteiger partial charge is 0.356 e. The van der Waals surface area contributed by atoms with Gasteiger partial charge in [0.15, 0.2) is 5.78 Å². The first-order valence-electron chi connectivity index (χ1n) is 10.8. The number of H-pyrrole nitrogens is 1. The van der Waals surface area contributed by atoms with Crippen LogP contribution in [0.4, 0.5) is 0 Å². The maximum Gasteiger partial charge on any atom is 0.224 e. The van der Waals surface area contributed by atoms with Crippen molar-refractivity contribution >= 4 is 51.7 Å². The lowest BCUT2D eigenvalue weighted by molar-refractivity contribution is -0.127. The Hall–Kier alpha value is -2.56. The minimum atomic E-state index is -0.765. The Morgan fingerprint density at radius 3 is 2.56 bits per heavy atom. The highest BCUT2D eigenvalue weighted by Crippen LogP contribution is 2.37. The van der Waals surface area contributed by atoms with Gasteiger partial charge in [0.1, 0.15) is 6.04 Å². The van der Waals surface area contributed by atoms with Gasteiger partial charge in [0, 0.05) is 30.2 Å². The fraction of sp³-hybridized carbons (Fsp3) is 0.478. The van der Waals surface area contributed by atoms with E-state index >= 15 is 0 Å². The summed E-state index contributed by atoms with van der Waals surface area (Å²) in [4.78, 5) is 40.9. The number of hydrogen-bond acceptors (Lipinski definition) is 4. The van der Waals surface area contributed by atoms with E-state index in [1.54, 1.807) is 18.2 Å². The van der Waals surface area contributed by atoms with Gasteiger partial charge >= 0.3 is 0 Å². The highest BCUT2D eigenvalue weighted by atomic mass is 35.5. The van der Waals surface area contributed by atoms with Crippen LogP contribution in [-0.2, 0) is 9.59 Å². The molecule has 0 spiro atoms. The summed E-state index contributed by atoms with van der Waals surface area (Å²) in [7, 11) is 0. The molecule has 3 N–H and O–H groups in total. The Morgan fingerprint density at radius 2 is 1.94 bits per heavy atom. The molecule has 2 heterocycles. The van der Waals surface area contributed by atoms with Crippen LogP contribution >= 0.6 is 23.2 Å². The van der Waals surface area contributed by atoms with E-state index < -0.39 is 12.0 Å². The third kappa shape index (κ3) is 5.08. The molecule has 3 atom stereocenters. The number of halogens is 2. The molecular formula is C23H24Cl2N4O3. The normalized spacial score (nSPS) is 19.9. The molecule has 2 fully saturated rings. The van der Waals surface area contributed by atoms with E-state index in [0.29, 0.717) is 51.9 Å². The number of nitrogens with zero attached hydrogens (tertiary/aromatic N) is 1. The van der Waals surface area contributed by atoms with Crippen LogP contribution in [-0.4, -0.2) is 35.2 Å². The van der Waals surface area contributed by atoms with Crippen molar-refractivity contribution in [2.24, 2.45) is 17.8 Å². The molecule has 1 saturated carbocycles. The molecular weight excluding hydrogens is 451 g/mol. The molecule has 3 unspecified atom stereocenters. The molecule has 1 aliphatic carbocycles. The minimum absolute atomic E-state index is 0.0203. The van der Waals surface area contributed by atoms with Gasteiger partial charge in [-0.05, 0) is 43.4 Å². The van der Waals surface area contributed by atoms with Crippen molar-refractivity contribution < 1.29 is 14.4 Å². The summed E-state index contributed by atoms with van der Waals surface area (Å²) in [5.41, 5.74) is 0.938. The van der Waals surface area contributed by atoms with Crippen molar-refractivity contribution in [1.29, 1.82) is 5.26 Å². The zero-order valence-corrected chi connectivity index (χ0v) is 18.9. The van der Waals surface area contributed by atoms with E-state index in [1.807, 2.05) is 0 Å². The Morgan fingerprint density at radius 1 is 1.19 bits per heavy atom. The SMILES string of the molecule is N#CC(CC1CCNC1=O)NC(=O)C(CC(=O)c1cc2c(Cl)ccc(Cl)c2[nH]1)CC1CC1. The lowest BCUT2D eigenvalue weighted by Gasteiger charge is -2.19. The quantitative estimate of drug-likeness (QED) is 0.476. The Labute approximate surface area is 195 Å². The van der Waals surface area contributed by atoms with E-state index in [4.69, 9.17) is 23.2 Å². The summed E-state index contributed by atoms with van der Waals surface area (Å²) in [5.74, 6) is -1.00. The van der Waals surface area contributed by atoms with Crippen LogP contribution in [0.1, 0.15) is 49.0 Å². The molecule has 32 heavy (non-hydrogen) atoms. The molecule has 9 heteroatoms. The van der Waals surface area contributed by atoms with Crippen LogP contribution in [0.5, 0.6) is 0 Å². The smallest absolute Gasteiger partial charge is 0.224 e. The highest BCUT2D eigenvalue weighted by Gasteiger charge is 2.34. The average molecular weight is 475 g/mol. The summed E-state index contributed by atoms with van der Waals surface area (Å²) in [5, 5.41) is 16.6. The summed E-state index contributed by atoms with van der Waals surface area (Å²) >= 11 is 12.4. The zero-order valence-electron chi connectivity index (χ0n) is 17.4. The number of fused-ring (bicyclic) bond motifs is 1. The van der Waals surface area contributed by atoms with Crippen molar-refractivity contribution in [3.8, 4) is 6.07 Å². The van der Waals surface area contributed by atoms with Gasteiger partial charge in [0.25, 0.3) is 0 Å². The van der Waals surface area contributed by atoms with Crippen LogP contribution < -0.4 is 10.6 Å². The molecule has 2 aliphatic rings. The molecule has 7 nitrogen and oxygen atoms in total. The van der Waals surface area contributed by atoms with Gasteiger partial charge in [-0.25, -0.2) is 0 Å². The van der Waals surface area contributed by atoms with Gasteiger partial charge in [0.2, 0.25) is 11.8 Å². The molecule has 2 aromatic rings. The average Bonchev–Trinajstić information content (AvgIpc) is 3.31. The van der Waals surface area contributed by atoms with E-state index in [1.165, 1.54) is 0 Å². The van der Waals surface area contributed by atoms with Gasteiger partial charge in [0.05, 0.1) is 27.3 Å². The summed E-state index contributed by atoms with van der Waals surface area (Å²) in [6, 6.07) is 6.31. The second kappa shape index (κ2) is 9.51. The van der Waals surface area contributed by atoms with Crippen molar-refractivity contribution in [3.63, 3.8) is 0 Å². The highest BCUT2D eigenvalue weighted by molar-refractivity contribution is 6.40. The topological polar surface area (TPSA) is 115 Å². The molecule has 1 aromatic heterocycles.